The van der Waals surface area contributed by atoms with Gasteiger partial charge in [0.05, 0.1) is 11.7 Å². The van der Waals surface area contributed by atoms with Crippen LogP contribution in [0.3, 0.4) is 0 Å². The van der Waals surface area contributed by atoms with E-state index in [1.54, 1.807) is 12.4 Å². The summed E-state index contributed by atoms with van der Waals surface area (Å²) >= 11 is 0. The molecule has 1 heterocycles. The molecule has 0 saturated heterocycles. The fourth-order valence-electron chi connectivity index (χ4n) is 2.11. The molecule has 0 aliphatic rings. The van der Waals surface area contributed by atoms with Gasteiger partial charge in [-0.05, 0) is 12.5 Å². The predicted octanol–water partition coefficient (Wildman–Crippen LogP) is 2.00. The zero-order valence-electron chi connectivity index (χ0n) is 11.2. The molecule has 2 rings (SSSR count). The quantitative estimate of drug-likeness (QED) is 0.859. The summed E-state index contributed by atoms with van der Waals surface area (Å²) in [6, 6.07) is 10.6. The van der Waals surface area contributed by atoms with Crippen molar-refractivity contribution >= 4 is 0 Å². The van der Waals surface area contributed by atoms with Gasteiger partial charge >= 0.3 is 0 Å². The molecule has 1 aromatic carbocycles. The van der Waals surface area contributed by atoms with Gasteiger partial charge in [0.1, 0.15) is 0 Å². The van der Waals surface area contributed by atoms with Crippen molar-refractivity contribution in [1.29, 1.82) is 0 Å². The highest BCUT2D eigenvalue weighted by atomic mass is 15.2. The molecule has 1 aromatic heterocycles. The van der Waals surface area contributed by atoms with Crippen LogP contribution in [-0.2, 0) is 6.54 Å². The van der Waals surface area contributed by atoms with Crippen molar-refractivity contribution in [2.45, 2.75) is 19.5 Å². The van der Waals surface area contributed by atoms with Crippen LogP contribution in [-0.4, -0.2) is 28.0 Å². The highest BCUT2D eigenvalue weighted by molar-refractivity contribution is 5.15. The van der Waals surface area contributed by atoms with E-state index < -0.39 is 0 Å². The second kappa shape index (κ2) is 6.97. The van der Waals surface area contributed by atoms with Crippen LogP contribution in [0.1, 0.15) is 24.2 Å². The second-order valence-electron chi connectivity index (χ2n) is 4.55. The number of aromatic nitrogens is 2. The van der Waals surface area contributed by atoms with Crippen molar-refractivity contribution in [2.75, 3.05) is 13.1 Å². The Balaban J connectivity index is 2.11. The average molecular weight is 256 g/mol. The van der Waals surface area contributed by atoms with Crippen molar-refractivity contribution in [3.63, 3.8) is 0 Å². The Hall–Kier alpha value is -1.78. The lowest BCUT2D eigenvalue weighted by Crippen LogP contribution is -2.32. The summed E-state index contributed by atoms with van der Waals surface area (Å²) in [5, 5.41) is 0. The molecule has 0 radical (unpaired) electrons. The number of hydrogen-bond acceptors (Lipinski definition) is 4. The molecule has 0 saturated carbocycles. The summed E-state index contributed by atoms with van der Waals surface area (Å²) in [6.07, 6.45) is 5.24. The van der Waals surface area contributed by atoms with Gasteiger partial charge in [0.15, 0.2) is 0 Å². The first-order chi connectivity index (χ1) is 9.31. The number of rotatable bonds is 6. The molecule has 19 heavy (non-hydrogen) atoms. The van der Waals surface area contributed by atoms with Crippen molar-refractivity contribution in [3.8, 4) is 0 Å². The van der Waals surface area contributed by atoms with Gasteiger partial charge in [0.25, 0.3) is 0 Å². The van der Waals surface area contributed by atoms with Gasteiger partial charge < -0.3 is 5.73 Å². The topological polar surface area (TPSA) is 55.0 Å². The maximum atomic E-state index is 5.72. The zero-order valence-corrected chi connectivity index (χ0v) is 11.2. The molecule has 1 atom stereocenters. The highest BCUT2D eigenvalue weighted by Crippen LogP contribution is 2.19. The molecule has 0 spiro atoms. The third-order valence-electron chi connectivity index (χ3n) is 3.20. The van der Waals surface area contributed by atoms with Gasteiger partial charge in [-0.3, -0.25) is 14.9 Å². The Morgan fingerprint density at radius 1 is 1.21 bits per heavy atom. The van der Waals surface area contributed by atoms with E-state index in [1.807, 2.05) is 12.3 Å². The Morgan fingerprint density at radius 2 is 2.00 bits per heavy atom. The van der Waals surface area contributed by atoms with Gasteiger partial charge in [-0.2, -0.15) is 0 Å². The van der Waals surface area contributed by atoms with Gasteiger partial charge in [-0.25, -0.2) is 0 Å². The summed E-state index contributed by atoms with van der Waals surface area (Å²) < 4.78 is 0. The molecule has 0 fully saturated rings. The summed E-state index contributed by atoms with van der Waals surface area (Å²) in [6.45, 7) is 4.49. The lowest BCUT2D eigenvalue weighted by molar-refractivity contribution is 0.203. The molecule has 0 bridgehead atoms. The van der Waals surface area contributed by atoms with Gasteiger partial charge in [0, 0.05) is 38.2 Å². The second-order valence-corrected chi connectivity index (χ2v) is 4.55. The number of nitrogens with zero attached hydrogens (tertiary/aromatic N) is 3. The van der Waals surface area contributed by atoms with Crippen molar-refractivity contribution in [2.24, 2.45) is 5.73 Å². The first-order valence-corrected chi connectivity index (χ1v) is 6.55. The maximum Gasteiger partial charge on any atom is 0.0755 e. The van der Waals surface area contributed by atoms with E-state index in [0.717, 1.165) is 18.8 Å². The molecule has 4 heteroatoms. The Bertz CT molecular complexity index is 472. The summed E-state index contributed by atoms with van der Waals surface area (Å²) in [4.78, 5) is 10.8. The van der Waals surface area contributed by atoms with E-state index >= 15 is 0 Å². The molecule has 1 unspecified atom stereocenters. The maximum absolute atomic E-state index is 5.72. The van der Waals surface area contributed by atoms with Crippen molar-refractivity contribution in [3.05, 3.63) is 60.2 Å². The minimum Gasteiger partial charge on any atom is -0.329 e. The third-order valence-corrected chi connectivity index (χ3v) is 3.20. The van der Waals surface area contributed by atoms with Crippen molar-refractivity contribution in [1.82, 2.24) is 14.9 Å². The molecule has 100 valence electrons. The third kappa shape index (κ3) is 3.84. The van der Waals surface area contributed by atoms with Gasteiger partial charge in [-0.15, -0.1) is 0 Å². The van der Waals surface area contributed by atoms with E-state index in [-0.39, 0.29) is 6.04 Å². The Morgan fingerprint density at radius 3 is 2.63 bits per heavy atom. The average Bonchev–Trinajstić information content (AvgIpc) is 2.48. The van der Waals surface area contributed by atoms with Gasteiger partial charge in [-0.1, -0.05) is 30.3 Å². The van der Waals surface area contributed by atoms with Crippen LogP contribution in [0.5, 0.6) is 0 Å². The smallest absolute Gasteiger partial charge is 0.0755 e. The first kappa shape index (κ1) is 13.6. The molecule has 0 aliphatic carbocycles. The Kier molecular flexibility index (Phi) is 5.01. The first-order valence-electron chi connectivity index (χ1n) is 6.55. The standard InChI is InChI=1S/C15H20N4/c1-13(15-11-17-8-9-18-15)19(10-7-16)12-14-5-3-2-4-6-14/h2-6,8-9,11,13H,7,10,12,16H2,1H3. The minimum atomic E-state index is 0.206. The number of nitrogens with two attached hydrogens (primary N) is 1. The Labute approximate surface area is 114 Å². The van der Waals surface area contributed by atoms with Crippen LogP contribution in [0.2, 0.25) is 0 Å². The molecule has 0 aliphatic heterocycles. The number of benzene rings is 1. The monoisotopic (exact) mass is 256 g/mol. The summed E-state index contributed by atoms with van der Waals surface area (Å²) in [5.41, 5.74) is 7.98. The molecule has 0 amide bonds. The van der Waals surface area contributed by atoms with E-state index in [0.29, 0.717) is 6.54 Å². The molecule has 2 aromatic rings. The SMILES string of the molecule is CC(c1cnccn1)N(CCN)Cc1ccccc1. The molecular weight excluding hydrogens is 236 g/mol. The number of hydrogen-bond donors (Lipinski definition) is 1. The molecule has 4 nitrogen and oxygen atoms in total. The minimum absolute atomic E-state index is 0.206. The fraction of sp³-hybridized carbons (Fsp3) is 0.333. The largest absolute Gasteiger partial charge is 0.329 e. The van der Waals surface area contributed by atoms with Crippen LogP contribution in [0.25, 0.3) is 0 Å². The van der Waals surface area contributed by atoms with Gasteiger partial charge in [0.2, 0.25) is 0 Å². The molecular formula is C15H20N4. The lowest BCUT2D eigenvalue weighted by atomic mass is 10.1. The van der Waals surface area contributed by atoms with Crippen LogP contribution in [0.15, 0.2) is 48.9 Å². The van der Waals surface area contributed by atoms with Crippen LogP contribution >= 0.6 is 0 Å². The van der Waals surface area contributed by atoms with Crippen LogP contribution in [0.4, 0.5) is 0 Å². The summed E-state index contributed by atoms with van der Waals surface area (Å²) in [5.74, 6) is 0. The van der Waals surface area contributed by atoms with E-state index in [1.165, 1.54) is 5.56 Å². The predicted molar refractivity (Wildman–Crippen MR) is 76.4 cm³/mol. The van der Waals surface area contributed by atoms with Crippen molar-refractivity contribution < 1.29 is 0 Å². The van der Waals surface area contributed by atoms with Crippen LogP contribution < -0.4 is 5.73 Å². The van der Waals surface area contributed by atoms with E-state index in [2.05, 4.69) is 46.1 Å². The molecule has 2 N–H and O–H groups in total. The van der Waals surface area contributed by atoms with Crippen LogP contribution in [0, 0.1) is 0 Å². The lowest BCUT2D eigenvalue weighted by Gasteiger charge is -2.28. The summed E-state index contributed by atoms with van der Waals surface area (Å²) in [7, 11) is 0. The van der Waals surface area contributed by atoms with E-state index in [9.17, 15) is 0 Å². The normalized spacial score (nSPS) is 12.6. The van der Waals surface area contributed by atoms with E-state index in [4.69, 9.17) is 5.73 Å². The fourth-order valence-corrected chi connectivity index (χ4v) is 2.11. The highest BCUT2D eigenvalue weighted by Gasteiger charge is 2.16. The zero-order chi connectivity index (χ0) is 13.5.